The molecule has 2 unspecified atom stereocenters. The third-order valence-electron chi connectivity index (χ3n) is 4.09. The smallest absolute Gasteiger partial charge is 0.0299 e. The molecule has 112 valence electrons. The summed E-state index contributed by atoms with van der Waals surface area (Å²) >= 11 is 0. The second-order valence-electron chi connectivity index (χ2n) is 6.29. The van der Waals surface area contributed by atoms with Gasteiger partial charge in [0, 0.05) is 12.1 Å². The summed E-state index contributed by atoms with van der Waals surface area (Å²) in [4.78, 5) is 0. The quantitative estimate of drug-likeness (QED) is 0.822. The van der Waals surface area contributed by atoms with Crippen LogP contribution in [0, 0.1) is 20.8 Å². The van der Waals surface area contributed by atoms with Crippen LogP contribution >= 0.6 is 0 Å². The molecule has 0 aliphatic carbocycles. The lowest BCUT2D eigenvalue weighted by molar-refractivity contribution is 0.474. The summed E-state index contributed by atoms with van der Waals surface area (Å²) in [5.74, 6) is 0. The third-order valence-corrected chi connectivity index (χ3v) is 4.09. The van der Waals surface area contributed by atoms with Gasteiger partial charge in [-0.2, -0.15) is 0 Å². The Kier molecular flexibility index (Phi) is 5.19. The van der Waals surface area contributed by atoms with E-state index in [1.54, 1.807) is 0 Å². The normalized spacial score (nSPS) is 14.0. The van der Waals surface area contributed by atoms with Crippen molar-refractivity contribution in [2.75, 3.05) is 0 Å². The number of hydrogen-bond acceptors (Lipinski definition) is 1. The number of aryl methyl sites for hydroxylation is 3. The molecule has 21 heavy (non-hydrogen) atoms. The summed E-state index contributed by atoms with van der Waals surface area (Å²) in [6.07, 6.45) is 1.06. The minimum atomic E-state index is 0.379. The van der Waals surface area contributed by atoms with Crippen LogP contribution in [-0.2, 0) is 6.42 Å². The Morgan fingerprint density at radius 3 is 2.05 bits per heavy atom. The van der Waals surface area contributed by atoms with Crippen LogP contribution in [0.1, 0.15) is 47.7 Å². The van der Waals surface area contributed by atoms with Gasteiger partial charge in [-0.15, -0.1) is 0 Å². The molecule has 2 rings (SSSR count). The monoisotopic (exact) mass is 281 g/mol. The maximum Gasteiger partial charge on any atom is 0.0299 e. The van der Waals surface area contributed by atoms with E-state index in [1.807, 2.05) is 0 Å². The molecule has 0 amide bonds. The molecule has 2 aromatic carbocycles. The second-order valence-corrected chi connectivity index (χ2v) is 6.29. The molecule has 2 atom stereocenters. The molecule has 0 aromatic heterocycles. The zero-order valence-corrected chi connectivity index (χ0v) is 13.9. The van der Waals surface area contributed by atoms with Crippen molar-refractivity contribution in [2.24, 2.45) is 0 Å². The van der Waals surface area contributed by atoms with E-state index in [2.05, 4.69) is 82.4 Å². The molecular weight excluding hydrogens is 254 g/mol. The van der Waals surface area contributed by atoms with Gasteiger partial charge in [0.15, 0.2) is 0 Å². The highest BCUT2D eigenvalue weighted by molar-refractivity contribution is 5.39. The summed E-state index contributed by atoms with van der Waals surface area (Å²) < 4.78 is 0. The number of rotatable bonds is 5. The number of nitrogens with one attached hydrogen (secondary N) is 1. The molecule has 0 heterocycles. The molecular formula is C20H27N. The number of benzene rings is 2. The summed E-state index contributed by atoms with van der Waals surface area (Å²) in [5.41, 5.74) is 6.96. The standard InChI is InChI=1S/C20H27N/c1-14-11-15(2)20(16(3)12-14)18(5)21-17(4)13-19-9-7-6-8-10-19/h6-12,17-18,21H,13H2,1-5H3. The van der Waals surface area contributed by atoms with E-state index < -0.39 is 0 Å². The van der Waals surface area contributed by atoms with Crippen molar-refractivity contribution < 1.29 is 0 Å². The highest BCUT2D eigenvalue weighted by Crippen LogP contribution is 2.24. The van der Waals surface area contributed by atoms with Gasteiger partial charge in [-0.3, -0.25) is 0 Å². The van der Waals surface area contributed by atoms with Gasteiger partial charge in [-0.1, -0.05) is 48.0 Å². The van der Waals surface area contributed by atoms with Gasteiger partial charge >= 0.3 is 0 Å². The van der Waals surface area contributed by atoms with E-state index in [9.17, 15) is 0 Å². The molecule has 1 N–H and O–H groups in total. The zero-order chi connectivity index (χ0) is 15.4. The van der Waals surface area contributed by atoms with Crippen LogP contribution < -0.4 is 5.32 Å². The van der Waals surface area contributed by atoms with Crippen molar-refractivity contribution in [2.45, 2.75) is 53.1 Å². The van der Waals surface area contributed by atoms with Crippen LogP contribution in [-0.4, -0.2) is 6.04 Å². The van der Waals surface area contributed by atoms with Crippen molar-refractivity contribution in [3.8, 4) is 0 Å². The summed E-state index contributed by atoms with van der Waals surface area (Å²) in [6.45, 7) is 11.1. The van der Waals surface area contributed by atoms with E-state index >= 15 is 0 Å². The molecule has 0 spiro atoms. The van der Waals surface area contributed by atoms with Crippen molar-refractivity contribution in [1.82, 2.24) is 5.32 Å². The molecule has 1 heteroatoms. The highest BCUT2D eigenvalue weighted by Gasteiger charge is 2.14. The number of hydrogen-bond donors (Lipinski definition) is 1. The van der Waals surface area contributed by atoms with Crippen molar-refractivity contribution in [1.29, 1.82) is 0 Å². The Hall–Kier alpha value is -1.60. The Labute approximate surface area is 129 Å². The summed E-state index contributed by atoms with van der Waals surface area (Å²) in [5, 5.41) is 3.75. The van der Waals surface area contributed by atoms with E-state index in [1.165, 1.54) is 27.8 Å². The Morgan fingerprint density at radius 1 is 0.905 bits per heavy atom. The maximum absolute atomic E-state index is 3.75. The zero-order valence-electron chi connectivity index (χ0n) is 13.9. The average Bonchev–Trinajstić information content (AvgIpc) is 2.38. The Bertz CT molecular complexity index is 563. The fourth-order valence-electron chi connectivity index (χ4n) is 3.41. The lowest BCUT2D eigenvalue weighted by atomic mass is 9.94. The van der Waals surface area contributed by atoms with E-state index in [0.717, 1.165) is 6.42 Å². The van der Waals surface area contributed by atoms with Gasteiger partial charge in [-0.05, 0) is 63.3 Å². The molecule has 0 aliphatic rings. The van der Waals surface area contributed by atoms with Gasteiger partial charge in [0.05, 0.1) is 0 Å². The third kappa shape index (κ3) is 4.18. The lowest BCUT2D eigenvalue weighted by Gasteiger charge is -2.24. The molecule has 1 nitrogen and oxygen atoms in total. The molecule has 0 radical (unpaired) electrons. The van der Waals surface area contributed by atoms with Crippen molar-refractivity contribution in [3.63, 3.8) is 0 Å². The average molecular weight is 281 g/mol. The molecule has 0 fully saturated rings. The lowest BCUT2D eigenvalue weighted by Crippen LogP contribution is -2.31. The minimum Gasteiger partial charge on any atom is -0.307 e. The fourth-order valence-corrected chi connectivity index (χ4v) is 3.41. The molecule has 0 aliphatic heterocycles. The molecule has 0 saturated heterocycles. The molecule has 0 bridgehead atoms. The first kappa shape index (κ1) is 15.8. The van der Waals surface area contributed by atoms with Gasteiger partial charge in [-0.25, -0.2) is 0 Å². The molecule has 0 saturated carbocycles. The maximum atomic E-state index is 3.75. The first-order valence-corrected chi connectivity index (χ1v) is 7.85. The van der Waals surface area contributed by atoms with E-state index in [4.69, 9.17) is 0 Å². The molecule has 2 aromatic rings. The fraction of sp³-hybridized carbons (Fsp3) is 0.400. The second kappa shape index (κ2) is 6.91. The Morgan fingerprint density at radius 2 is 1.48 bits per heavy atom. The van der Waals surface area contributed by atoms with Crippen LogP contribution in [0.4, 0.5) is 0 Å². The predicted octanol–water partition coefficient (Wildman–Crippen LogP) is 4.89. The minimum absolute atomic E-state index is 0.379. The van der Waals surface area contributed by atoms with Crippen LogP contribution in [0.3, 0.4) is 0 Å². The summed E-state index contributed by atoms with van der Waals surface area (Å²) in [7, 11) is 0. The first-order chi connectivity index (χ1) is 9.97. The van der Waals surface area contributed by atoms with Crippen LogP contribution in [0.15, 0.2) is 42.5 Å². The van der Waals surface area contributed by atoms with Crippen LogP contribution in [0.25, 0.3) is 0 Å². The van der Waals surface area contributed by atoms with Crippen LogP contribution in [0.5, 0.6) is 0 Å². The van der Waals surface area contributed by atoms with E-state index in [-0.39, 0.29) is 0 Å². The topological polar surface area (TPSA) is 12.0 Å². The highest BCUT2D eigenvalue weighted by atomic mass is 14.9. The van der Waals surface area contributed by atoms with Gasteiger partial charge in [0.2, 0.25) is 0 Å². The van der Waals surface area contributed by atoms with Gasteiger partial charge < -0.3 is 5.32 Å². The first-order valence-electron chi connectivity index (χ1n) is 7.85. The summed E-state index contributed by atoms with van der Waals surface area (Å²) in [6, 6.07) is 16.1. The van der Waals surface area contributed by atoms with E-state index in [0.29, 0.717) is 12.1 Å². The van der Waals surface area contributed by atoms with Gasteiger partial charge in [0.25, 0.3) is 0 Å². The van der Waals surface area contributed by atoms with Crippen LogP contribution in [0.2, 0.25) is 0 Å². The van der Waals surface area contributed by atoms with Gasteiger partial charge in [0.1, 0.15) is 0 Å². The van der Waals surface area contributed by atoms with Crippen molar-refractivity contribution in [3.05, 3.63) is 70.3 Å². The predicted molar refractivity (Wildman–Crippen MR) is 91.8 cm³/mol. The SMILES string of the molecule is Cc1cc(C)c(C(C)NC(C)Cc2ccccc2)c(C)c1. The van der Waals surface area contributed by atoms with Crippen molar-refractivity contribution >= 4 is 0 Å². The Balaban J connectivity index is 2.06. The largest absolute Gasteiger partial charge is 0.307 e.